The number of hydrogen-bond acceptors (Lipinski definition) is 1. The molecule has 0 aliphatic carbocycles. The van der Waals surface area contributed by atoms with Crippen molar-refractivity contribution in [3.05, 3.63) is 41.3 Å². The molecule has 0 spiro atoms. The van der Waals surface area contributed by atoms with Gasteiger partial charge in [-0.3, -0.25) is 0 Å². The summed E-state index contributed by atoms with van der Waals surface area (Å²) in [7, 11) is 0. The van der Waals surface area contributed by atoms with Gasteiger partial charge in [-0.1, -0.05) is 0 Å². The minimum atomic E-state index is 0.311. The molecule has 0 amide bonds. The molecule has 1 heterocycles. The quantitative estimate of drug-likeness (QED) is 0.734. The molecule has 0 fully saturated rings. The number of rotatable bonds is 1. The molecule has 12 heavy (non-hydrogen) atoms. The predicted octanol–water partition coefficient (Wildman–Crippen LogP) is 2.12. The Balaban J connectivity index is 2.51. The maximum absolute atomic E-state index is 9.45. The van der Waals surface area contributed by atoms with E-state index in [9.17, 15) is 5.11 Å². The van der Waals surface area contributed by atoms with Gasteiger partial charge in [0.1, 0.15) is 0 Å². The van der Waals surface area contributed by atoms with Crippen LogP contribution in [0.15, 0.2) is 41.3 Å². The Bertz CT molecular complexity index is 364. The van der Waals surface area contributed by atoms with Crippen molar-refractivity contribution < 1.29 is 5.11 Å². The van der Waals surface area contributed by atoms with Gasteiger partial charge >= 0.3 is 76.7 Å². The molecule has 2 aromatic rings. The second-order valence-corrected chi connectivity index (χ2v) is 4.42. The third kappa shape index (κ3) is 1.31. The molecule has 0 bridgehead atoms. The van der Waals surface area contributed by atoms with E-state index in [1.807, 2.05) is 35.3 Å². The van der Waals surface area contributed by atoms with Gasteiger partial charge in [0, 0.05) is 0 Å². The maximum atomic E-state index is 9.45. The molecule has 1 aromatic carbocycles. The second-order valence-electron chi connectivity index (χ2n) is 2.50. The molecule has 0 unspecified atom stereocenters. The average molecular weight is 223 g/mol. The first-order valence-electron chi connectivity index (χ1n) is 3.70. The van der Waals surface area contributed by atoms with Crippen molar-refractivity contribution in [2.24, 2.45) is 0 Å². The Hall–Kier alpha value is -0.981. The van der Waals surface area contributed by atoms with Crippen LogP contribution < -0.4 is 0 Å². The van der Waals surface area contributed by atoms with Gasteiger partial charge in [-0.15, -0.1) is 0 Å². The van der Waals surface area contributed by atoms with Crippen molar-refractivity contribution in [1.82, 2.24) is 0 Å². The number of aromatic hydroxyl groups is 1. The van der Waals surface area contributed by atoms with Crippen molar-refractivity contribution in [2.45, 2.75) is 0 Å². The molecule has 1 aromatic heterocycles. The number of benzene rings is 1. The van der Waals surface area contributed by atoms with Crippen LogP contribution in [0.3, 0.4) is 0 Å². The molecular weight excluding hydrogens is 215 g/mol. The van der Waals surface area contributed by atoms with Gasteiger partial charge in [0.25, 0.3) is 0 Å². The molecule has 2 rings (SSSR count). The van der Waals surface area contributed by atoms with E-state index in [1.165, 1.54) is 0 Å². The fourth-order valence-corrected chi connectivity index (χ4v) is 2.77. The molecule has 0 radical (unpaired) electrons. The van der Waals surface area contributed by atoms with Crippen LogP contribution in [0.25, 0.3) is 10.0 Å². The predicted molar refractivity (Wildman–Crippen MR) is 50.5 cm³/mol. The Kier molecular flexibility index (Phi) is 2.03. The summed E-state index contributed by atoms with van der Waals surface area (Å²) in [4.78, 5) is 2.03. The molecule has 1 N–H and O–H groups in total. The van der Waals surface area contributed by atoms with E-state index < -0.39 is 0 Å². The summed E-state index contributed by atoms with van der Waals surface area (Å²) >= 11 is 0.311. The molecule has 2 heteroatoms. The second kappa shape index (κ2) is 3.18. The van der Waals surface area contributed by atoms with Gasteiger partial charge in [-0.05, 0) is 0 Å². The fraction of sp³-hybridized carbons (Fsp3) is 0. The molecule has 0 saturated heterocycles. The zero-order valence-electron chi connectivity index (χ0n) is 6.40. The minimum absolute atomic E-state index is 0.311. The molecule has 0 aliphatic heterocycles. The molecule has 0 aliphatic rings. The fourth-order valence-electron chi connectivity index (χ4n) is 1.11. The van der Waals surface area contributed by atoms with Crippen molar-refractivity contribution in [2.75, 3.05) is 0 Å². The van der Waals surface area contributed by atoms with Crippen LogP contribution in [-0.2, 0) is 0 Å². The summed E-state index contributed by atoms with van der Waals surface area (Å²) in [6.07, 6.45) is 0. The van der Waals surface area contributed by atoms with Crippen molar-refractivity contribution >= 4 is 14.5 Å². The van der Waals surface area contributed by atoms with Crippen LogP contribution >= 0.6 is 0 Å². The summed E-state index contributed by atoms with van der Waals surface area (Å²) in [5, 5.41) is 9.45. The van der Waals surface area contributed by atoms with Crippen LogP contribution in [0.1, 0.15) is 0 Å². The standard InChI is InChI=1S/C10H8OSe/c11-9-6-7-12-10(9)8-4-2-1-3-5-8/h1-7,11H. The Morgan fingerprint density at radius 2 is 1.75 bits per heavy atom. The summed E-state index contributed by atoms with van der Waals surface area (Å²) in [5.74, 6) is 0.432. The first-order valence-corrected chi connectivity index (χ1v) is 5.54. The zero-order valence-corrected chi connectivity index (χ0v) is 8.11. The van der Waals surface area contributed by atoms with E-state index in [0.717, 1.165) is 10.0 Å². The average Bonchev–Trinajstić information content (AvgIpc) is 2.53. The van der Waals surface area contributed by atoms with Crippen LogP contribution in [0, 0.1) is 0 Å². The van der Waals surface area contributed by atoms with Gasteiger partial charge in [0.05, 0.1) is 0 Å². The van der Waals surface area contributed by atoms with Crippen LogP contribution in [0.4, 0.5) is 0 Å². The van der Waals surface area contributed by atoms with E-state index in [0.29, 0.717) is 20.3 Å². The van der Waals surface area contributed by atoms with E-state index in [-0.39, 0.29) is 0 Å². The van der Waals surface area contributed by atoms with E-state index in [1.54, 1.807) is 6.07 Å². The van der Waals surface area contributed by atoms with E-state index in [4.69, 9.17) is 0 Å². The van der Waals surface area contributed by atoms with Gasteiger partial charge in [0.15, 0.2) is 0 Å². The normalized spacial score (nSPS) is 10.0. The first kappa shape index (κ1) is 7.66. The number of hydrogen-bond donors (Lipinski definition) is 1. The van der Waals surface area contributed by atoms with Crippen LogP contribution in [0.5, 0.6) is 5.75 Å². The van der Waals surface area contributed by atoms with Crippen molar-refractivity contribution in [3.63, 3.8) is 0 Å². The zero-order chi connectivity index (χ0) is 8.39. The summed E-state index contributed by atoms with van der Waals surface area (Å²) in [5.41, 5.74) is 1.14. The summed E-state index contributed by atoms with van der Waals surface area (Å²) in [6, 6.07) is 11.8. The molecule has 0 saturated carbocycles. The van der Waals surface area contributed by atoms with Gasteiger partial charge in [-0.25, -0.2) is 0 Å². The van der Waals surface area contributed by atoms with Crippen LogP contribution in [-0.4, -0.2) is 19.6 Å². The van der Waals surface area contributed by atoms with E-state index in [2.05, 4.69) is 0 Å². The van der Waals surface area contributed by atoms with E-state index >= 15 is 0 Å². The third-order valence-electron chi connectivity index (χ3n) is 1.68. The Labute approximate surface area is 77.0 Å². The van der Waals surface area contributed by atoms with Crippen molar-refractivity contribution in [1.29, 1.82) is 0 Å². The SMILES string of the molecule is Oc1cc[se]c1-c1ccccc1. The first-order chi connectivity index (χ1) is 5.88. The van der Waals surface area contributed by atoms with Gasteiger partial charge < -0.3 is 0 Å². The summed E-state index contributed by atoms with van der Waals surface area (Å²) in [6.45, 7) is 0. The van der Waals surface area contributed by atoms with Gasteiger partial charge in [-0.2, -0.15) is 0 Å². The monoisotopic (exact) mass is 224 g/mol. The molecule has 0 atom stereocenters. The van der Waals surface area contributed by atoms with Crippen molar-refractivity contribution in [3.8, 4) is 15.8 Å². The van der Waals surface area contributed by atoms with Gasteiger partial charge in [0.2, 0.25) is 0 Å². The third-order valence-corrected chi connectivity index (χ3v) is 3.68. The van der Waals surface area contributed by atoms with Crippen LogP contribution in [0.2, 0.25) is 0 Å². The molecule has 60 valence electrons. The Morgan fingerprint density at radius 1 is 1.00 bits per heavy atom. The molecule has 1 nitrogen and oxygen atoms in total. The topological polar surface area (TPSA) is 20.2 Å². The molecular formula is C10H8OSe. The Morgan fingerprint density at radius 3 is 2.33 bits per heavy atom. The summed E-state index contributed by atoms with van der Waals surface area (Å²) < 4.78 is 1.09.